The van der Waals surface area contributed by atoms with Gasteiger partial charge in [0.25, 0.3) is 0 Å². The van der Waals surface area contributed by atoms with Crippen LogP contribution in [0.3, 0.4) is 0 Å². The van der Waals surface area contributed by atoms with Gasteiger partial charge in [0.15, 0.2) is 0 Å². The Bertz CT molecular complexity index is 523. The molecule has 3 rings (SSSR count). The summed E-state index contributed by atoms with van der Waals surface area (Å²) in [6, 6.07) is 8.56. The van der Waals surface area contributed by atoms with Crippen molar-refractivity contribution in [3.05, 3.63) is 35.4 Å². The van der Waals surface area contributed by atoms with Gasteiger partial charge in [0.05, 0.1) is 0 Å². The molecule has 1 fully saturated rings. The monoisotopic (exact) mass is 320 g/mol. The molecule has 4 nitrogen and oxygen atoms in total. The highest BCUT2D eigenvalue weighted by molar-refractivity contribution is 7.99. The number of carbonyl (C=O) groups excluding carboxylic acids is 1. The minimum Gasteiger partial charge on any atom is -0.396 e. The van der Waals surface area contributed by atoms with E-state index in [1.807, 2.05) is 16.7 Å². The standard InChI is InChI=1S/C17H24N2O2S/c20-12-13-4-3-8-19(11-13)17(21)18-10-16-15-6-2-1-5-14(15)7-9-22-16/h1-2,5-6,13,16,20H,3-4,7-12H2,(H,18,21)/t13-,16-/m1/s1. The fraction of sp³-hybridized carbons (Fsp3) is 0.588. The Morgan fingerprint density at radius 2 is 2.27 bits per heavy atom. The molecular formula is C17H24N2O2S. The van der Waals surface area contributed by atoms with E-state index in [4.69, 9.17) is 0 Å². The third kappa shape index (κ3) is 3.58. The summed E-state index contributed by atoms with van der Waals surface area (Å²) < 4.78 is 0. The van der Waals surface area contributed by atoms with Crippen LogP contribution < -0.4 is 5.32 Å². The topological polar surface area (TPSA) is 52.6 Å². The molecule has 0 aliphatic carbocycles. The second-order valence-electron chi connectivity index (χ2n) is 6.13. The van der Waals surface area contributed by atoms with E-state index in [9.17, 15) is 9.90 Å². The number of aliphatic hydroxyl groups excluding tert-OH is 1. The van der Waals surface area contributed by atoms with Crippen LogP contribution in [0, 0.1) is 5.92 Å². The number of nitrogens with zero attached hydrogens (tertiary/aromatic N) is 1. The average molecular weight is 320 g/mol. The van der Waals surface area contributed by atoms with Crippen molar-refractivity contribution in [3.8, 4) is 0 Å². The van der Waals surface area contributed by atoms with E-state index >= 15 is 0 Å². The van der Waals surface area contributed by atoms with Gasteiger partial charge in [-0.1, -0.05) is 24.3 Å². The van der Waals surface area contributed by atoms with E-state index in [1.54, 1.807) is 0 Å². The Kier molecular flexibility index (Phi) is 5.26. The van der Waals surface area contributed by atoms with E-state index < -0.39 is 0 Å². The van der Waals surface area contributed by atoms with Gasteiger partial charge in [-0.05, 0) is 42.1 Å². The smallest absolute Gasteiger partial charge is 0.317 e. The zero-order valence-electron chi connectivity index (χ0n) is 12.8. The van der Waals surface area contributed by atoms with Crippen molar-refractivity contribution < 1.29 is 9.90 Å². The Morgan fingerprint density at radius 1 is 1.41 bits per heavy atom. The molecule has 120 valence electrons. The Hall–Kier alpha value is -1.20. The molecule has 1 aromatic rings. The first-order valence-corrected chi connectivity index (χ1v) is 9.16. The number of fused-ring (bicyclic) bond motifs is 1. The molecule has 2 aliphatic rings. The largest absolute Gasteiger partial charge is 0.396 e. The third-order valence-electron chi connectivity index (χ3n) is 4.60. The molecule has 5 heteroatoms. The van der Waals surface area contributed by atoms with Crippen molar-refractivity contribution in [2.45, 2.75) is 24.5 Å². The number of aliphatic hydroxyl groups is 1. The maximum absolute atomic E-state index is 12.3. The number of hydrogen-bond donors (Lipinski definition) is 2. The molecule has 2 N–H and O–H groups in total. The molecule has 0 radical (unpaired) electrons. The first kappa shape index (κ1) is 15.7. The lowest BCUT2D eigenvalue weighted by molar-refractivity contribution is 0.129. The van der Waals surface area contributed by atoms with Gasteiger partial charge in [-0.3, -0.25) is 0 Å². The van der Waals surface area contributed by atoms with Gasteiger partial charge in [0.2, 0.25) is 0 Å². The maximum atomic E-state index is 12.3. The van der Waals surface area contributed by atoms with Crippen LogP contribution in [0.15, 0.2) is 24.3 Å². The number of amides is 2. The van der Waals surface area contributed by atoms with E-state index in [-0.39, 0.29) is 18.6 Å². The molecule has 1 aromatic carbocycles. The predicted octanol–water partition coefficient (Wildman–Crippen LogP) is 2.43. The van der Waals surface area contributed by atoms with Crippen LogP contribution in [0.1, 0.15) is 29.2 Å². The van der Waals surface area contributed by atoms with Gasteiger partial charge < -0.3 is 15.3 Å². The van der Waals surface area contributed by atoms with Gasteiger partial charge in [0, 0.05) is 31.5 Å². The van der Waals surface area contributed by atoms with Gasteiger partial charge in [-0.2, -0.15) is 11.8 Å². The van der Waals surface area contributed by atoms with Crippen LogP contribution in [0.4, 0.5) is 4.79 Å². The zero-order valence-corrected chi connectivity index (χ0v) is 13.6. The first-order chi connectivity index (χ1) is 10.8. The van der Waals surface area contributed by atoms with Crippen LogP contribution in [0.5, 0.6) is 0 Å². The quantitative estimate of drug-likeness (QED) is 0.899. The van der Waals surface area contributed by atoms with E-state index in [1.165, 1.54) is 11.1 Å². The number of hydrogen-bond acceptors (Lipinski definition) is 3. The summed E-state index contributed by atoms with van der Waals surface area (Å²) in [5.74, 6) is 1.36. The number of rotatable bonds is 3. The maximum Gasteiger partial charge on any atom is 0.317 e. The number of benzene rings is 1. The van der Waals surface area contributed by atoms with Crippen LogP contribution in [-0.4, -0.2) is 48.0 Å². The molecule has 0 unspecified atom stereocenters. The van der Waals surface area contributed by atoms with Crippen molar-refractivity contribution in [1.29, 1.82) is 0 Å². The van der Waals surface area contributed by atoms with E-state index in [2.05, 4.69) is 29.6 Å². The summed E-state index contributed by atoms with van der Waals surface area (Å²) in [6.07, 6.45) is 3.13. The lowest BCUT2D eigenvalue weighted by Crippen LogP contribution is -2.47. The predicted molar refractivity (Wildman–Crippen MR) is 90.1 cm³/mol. The molecule has 2 heterocycles. The molecule has 2 amide bonds. The van der Waals surface area contributed by atoms with Crippen LogP contribution in [-0.2, 0) is 6.42 Å². The third-order valence-corrected chi connectivity index (χ3v) is 5.86. The summed E-state index contributed by atoms with van der Waals surface area (Å²) in [5, 5.41) is 12.7. The van der Waals surface area contributed by atoms with Crippen LogP contribution in [0.25, 0.3) is 0 Å². The number of aryl methyl sites for hydroxylation is 1. The Labute approximate surface area is 136 Å². The molecule has 0 saturated carbocycles. The molecule has 0 spiro atoms. The number of nitrogens with one attached hydrogen (secondary N) is 1. The molecule has 2 aliphatic heterocycles. The normalized spacial score (nSPS) is 24.7. The highest BCUT2D eigenvalue weighted by Gasteiger charge is 2.25. The molecule has 22 heavy (non-hydrogen) atoms. The fourth-order valence-corrected chi connectivity index (χ4v) is 4.57. The van der Waals surface area contributed by atoms with Gasteiger partial charge >= 0.3 is 6.03 Å². The highest BCUT2D eigenvalue weighted by Crippen LogP contribution is 2.36. The van der Waals surface area contributed by atoms with Crippen molar-refractivity contribution in [1.82, 2.24) is 10.2 Å². The Morgan fingerprint density at radius 3 is 3.14 bits per heavy atom. The molecule has 1 saturated heterocycles. The van der Waals surface area contributed by atoms with Crippen molar-refractivity contribution in [2.24, 2.45) is 5.92 Å². The van der Waals surface area contributed by atoms with E-state index in [0.29, 0.717) is 18.3 Å². The van der Waals surface area contributed by atoms with Crippen molar-refractivity contribution in [3.63, 3.8) is 0 Å². The van der Waals surface area contributed by atoms with Crippen molar-refractivity contribution in [2.75, 3.05) is 32.0 Å². The van der Waals surface area contributed by atoms with E-state index in [0.717, 1.165) is 31.6 Å². The SMILES string of the molecule is O=C(NC[C@H]1SCCc2ccccc21)N1CCC[C@@H](CO)C1. The second-order valence-corrected chi connectivity index (χ2v) is 7.44. The summed E-state index contributed by atoms with van der Waals surface area (Å²) in [5.41, 5.74) is 2.78. The minimum absolute atomic E-state index is 0.0156. The number of thioether (sulfide) groups is 1. The Balaban J connectivity index is 1.55. The number of likely N-dealkylation sites (tertiary alicyclic amines) is 1. The molecule has 0 bridgehead atoms. The van der Waals surface area contributed by atoms with Gasteiger partial charge in [-0.25, -0.2) is 4.79 Å². The lowest BCUT2D eigenvalue weighted by Gasteiger charge is -2.33. The van der Waals surface area contributed by atoms with Crippen LogP contribution >= 0.6 is 11.8 Å². The molecule has 2 atom stereocenters. The summed E-state index contributed by atoms with van der Waals surface area (Å²) in [6.45, 7) is 2.34. The van der Waals surface area contributed by atoms with Gasteiger partial charge in [0.1, 0.15) is 0 Å². The molecule has 0 aromatic heterocycles. The highest BCUT2D eigenvalue weighted by atomic mass is 32.2. The van der Waals surface area contributed by atoms with Crippen LogP contribution in [0.2, 0.25) is 0 Å². The average Bonchev–Trinajstić information content (AvgIpc) is 2.59. The molecular weight excluding hydrogens is 296 g/mol. The number of urea groups is 1. The second kappa shape index (κ2) is 7.38. The lowest BCUT2D eigenvalue weighted by atomic mass is 9.99. The van der Waals surface area contributed by atoms with Crippen molar-refractivity contribution >= 4 is 17.8 Å². The summed E-state index contributed by atoms with van der Waals surface area (Å²) in [7, 11) is 0. The summed E-state index contributed by atoms with van der Waals surface area (Å²) in [4.78, 5) is 14.2. The zero-order chi connectivity index (χ0) is 15.4. The number of piperidine rings is 1. The first-order valence-electron chi connectivity index (χ1n) is 8.11. The van der Waals surface area contributed by atoms with Gasteiger partial charge in [-0.15, -0.1) is 0 Å². The minimum atomic E-state index is 0.0156. The number of carbonyl (C=O) groups is 1. The summed E-state index contributed by atoms with van der Waals surface area (Å²) >= 11 is 1.93. The fourth-order valence-electron chi connectivity index (χ4n) is 3.34.